The molecule has 0 saturated heterocycles. The molecule has 0 aromatic heterocycles. The molecule has 0 atom stereocenters. The highest BCUT2D eigenvalue weighted by Gasteiger charge is 2.29. The first-order chi connectivity index (χ1) is 9.73. The number of sulfonamides is 1. The number of nitrogens with one attached hydrogen (secondary N) is 1. The minimum Gasteiger partial charge on any atom is -0.398 e. The van der Waals surface area contributed by atoms with Gasteiger partial charge in [0, 0.05) is 18.1 Å². The van der Waals surface area contributed by atoms with Crippen molar-refractivity contribution in [1.29, 1.82) is 0 Å². The lowest BCUT2D eigenvalue weighted by Gasteiger charge is -2.21. The van der Waals surface area contributed by atoms with Crippen molar-refractivity contribution in [3.8, 4) is 0 Å². The van der Waals surface area contributed by atoms with E-state index in [0.717, 1.165) is 4.31 Å². The van der Waals surface area contributed by atoms with E-state index in [4.69, 9.17) is 28.9 Å². The summed E-state index contributed by atoms with van der Waals surface area (Å²) in [6, 6.07) is 2.60. The molecule has 3 N–H and O–H groups in total. The van der Waals surface area contributed by atoms with Crippen LogP contribution in [-0.2, 0) is 14.8 Å². The first-order valence-corrected chi connectivity index (χ1v) is 8.45. The van der Waals surface area contributed by atoms with Gasteiger partial charge in [0.1, 0.15) is 4.90 Å². The Labute approximate surface area is 134 Å². The van der Waals surface area contributed by atoms with E-state index in [2.05, 4.69) is 5.32 Å². The number of benzene rings is 1. The molecule has 1 amide bonds. The molecule has 0 heterocycles. The van der Waals surface area contributed by atoms with Crippen LogP contribution in [0, 0.1) is 0 Å². The van der Waals surface area contributed by atoms with Gasteiger partial charge in [-0.05, 0) is 19.1 Å². The number of carbonyl (C=O) groups excluding carboxylic acids is 1. The van der Waals surface area contributed by atoms with Crippen molar-refractivity contribution in [2.45, 2.75) is 18.7 Å². The van der Waals surface area contributed by atoms with Crippen LogP contribution in [0.1, 0.15) is 13.8 Å². The number of halogens is 2. The normalized spacial score (nSPS) is 11.7. The summed E-state index contributed by atoms with van der Waals surface area (Å²) in [6.07, 6.45) is 0. The van der Waals surface area contributed by atoms with E-state index in [1.807, 2.05) is 0 Å². The fourth-order valence-electron chi connectivity index (χ4n) is 1.76. The lowest BCUT2D eigenvalue weighted by atomic mass is 10.3. The Balaban J connectivity index is 3.23. The van der Waals surface area contributed by atoms with Crippen molar-refractivity contribution in [2.24, 2.45) is 0 Å². The number of amides is 1. The van der Waals surface area contributed by atoms with Gasteiger partial charge >= 0.3 is 0 Å². The van der Waals surface area contributed by atoms with E-state index in [9.17, 15) is 13.2 Å². The van der Waals surface area contributed by atoms with Crippen LogP contribution in [-0.4, -0.2) is 38.3 Å². The molecule has 118 valence electrons. The number of hydrogen-bond donors (Lipinski definition) is 2. The predicted molar refractivity (Wildman–Crippen MR) is 84.0 cm³/mol. The Morgan fingerprint density at radius 3 is 2.43 bits per heavy atom. The first kappa shape index (κ1) is 18.0. The standard InChI is InChI=1S/C12H17Cl2N3O3S/c1-3-16-11(18)7-17(4-2)21(19,20)12-9(14)5-8(13)6-10(12)15/h5-6H,3-4,7,15H2,1-2H3,(H,16,18). The van der Waals surface area contributed by atoms with Crippen molar-refractivity contribution in [1.82, 2.24) is 9.62 Å². The van der Waals surface area contributed by atoms with Gasteiger partial charge in [-0.3, -0.25) is 4.79 Å². The van der Waals surface area contributed by atoms with Crippen molar-refractivity contribution < 1.29 is 13.2 Å². The topological polar surface area (TPSA) is 92.5 Å². The zero-order valence-corrected chi connectivity index (χ0v) is 14.0. The van der Waals surface area contributed by atoms with Crippen LogP contribution in [0.4, 0.5) is 5.69 Å². The number of rotatable bonds is 6. The van der Waals surface area contributed by atoms with Gasteiger partial charge in [-0.1, -0.05) is 30.1 Å². The minimum atomic E-state index is -3.99. The van der Waals surface area contributed by atoms with Gasteiger partial charge in [-0.15, -0.1) is 0 Å². The third-order valence-electron chi connectivity index (χ3n) is 2.68. The highest BCUT2D eigenvalue weighted by atomic mass is 35.5. The third kappa shape index (κ3) is 4.23. The van der Waals surface area contributed by atoms with Gasteiger partial charge in [0.15, 0.2) is 0 Å². The van der Waals surface area contributed by atoms with E-state index in [0.29, 0.717) is 6.54 Å². The molecule has 0 aliphatic rings. The average Bonchev–Trinajstić information content (AvgIpc) is 2.34. The summed E-state index contributed by atoms with van der Waals surface area (Å²) in [4.78, 5) is 11.4. The van der Waals surface area contributed by atoms with Gasteiger partial charge in [0.05, 0.1) is 17.3 Å². The first-order valence-electron chi connectivity index (χ1n) is 6.25. The summed E-state index contributed by atoms with van der Waals surface area (Å²) in [5.74, 6) is -0.397. The number of anilines is 1. The molecule has 1 aromatic rings. The smallest absolute Gasteiger partial charge is 0.247 e. The largest absolute Gasteiger partial charge is 0.398 e. The van der Waals surface area contributed by atoms with E-state index < -0.39 is 15.9 Å². The fraction of sp³-hybridized carbons (Fsp3) is 0.417. The van der Waals surface area contributed by atoms with Crippen LogP contribution in [0.5, 0.6) is 0 Å². The average molecular weight is 354 g/mol. The van der Waals surface area contributed by atoms with Crippen LogP contribution in [0.25, 0.3) is 0 Å². The Morgan fingerprint density at radius 1 is 1.33 bits per heavy atom. The quantitative estimate of drug-likeness (QED) is 0.761. The molecule has 0 saturated carbocycles. The molecule has 0 unspecified atom stereocenters. The Bertz CT molecular complexity index is 612. The maximum absolute atomic E-state index is 12.6. The van der Waals surface area contributed by atoms with Crippen molar-refractivity contribution in [3.05, 3.63) is 22.2 Å². The molecule has 0 aliphatic heterocycles. The summed E-state index contributed by atoms with van der Waals surface area (Å²) >= 11 is 11.7. The van der Waals surface area contributed by atoms with Gasteiger partial charge in [-0.2, -0.15) is 4.31 Å². The van der Waals surface area contributed by atoms with Crippen LogP contribution in [0.2, 0.25) is 10.0 Å². The second-order valence-electron chi connectivity index (χ2n) is 4.19. The van der Waals surface area contributed by atoms with Gasteiger partial charge in [-0.25, -0.2) is 8.42 Å². The highest BCUT2D eigenvalue weighted by Crippen LogP contribution is 2.33. The lowest BCUT2D eigenvalue weighted by molar-refractivity contribution is -0.121. The maximum Gasteiger partial charge on any atom is 0.247 e. The van der Waals surface area contributed by atoms with E-state index in [-0.39, 0.29) is 33.7 Å². The maximum atomic E-state index is 12.6. The SMILES string of the molecule is CCNC(=O)CN(CC)S(=O)(=O)c1c(N)cc(Cl)cc1Cl. The monoisotopic (exact) mass is 353 g/mol. The van der Waals surface area contributed by atoms with E-state index in [1.165, 1.54) is 12.1 Å². The van der Waals surface area contributed by atoms with Crippen molar-refractivity contribution in [3.63, 3.8) is 0 Å². The zero-order chi connectivity index (χ0) is 16.2. The Hall–Kier alpha value is -1.02. The molecule has 9 heteroatoms. The second-order valence-corrected chi connectivity index (χ2v) is 6.91. The fourth-order valence-corrected chi connectivity index (χ4v) is 4.11. The highest BCUT2D eigenvalue weighted by molar-refractivity contribution is 7.89. The number of hydrogen-bond acceptors (Lipinski definition) is 4. The van der Waals surface area contributed by atoms with E-state index >= 15 is 0 Å². The van der Waals surface area contributed by atoms with E-state index in [1.54, 1.807) is 13.8 Å². The zero-order valence-electron chi connectivity index (χ0n) is 11.7. The number of carbonyl (C=O) groups is 1. The minimum absolute atomic E-state index is 0.0538. The van der Waals surface area contributed by atoms with Crippen LogP contribution in [0.15, 0.2) is 17.0 Å². The van der Waals surface area contributed by atoms with Gasteiger partial charge < -0.3 is 11.1 Å². The molecular formula is C12H17Cl2N3O3S. The van der Waals surface area contributed by atoms with Gasteiger partial charge in [0.25, 0.3) is 0 Å². The van der Waals surface area contributed by atoms with Gasteiger partial charge in [0.2, 0.25) is 15.9 Å². The molecule has 0 bridgehead atoms. The van der Waals surface area contributed by atoms with Crippen LogP contribution >= 0.6 is 23.2 Å². The number of nitrogens with two attached hydrogens (primary N) is 1. The third-order valence-corrected chi connectivity index (χ3v) is 5.35. The molecule has 0 radical (unpaired) electrons. The molecule has 0 spiro atoms. The second kappa shape index (κ2) is 7.31. The summed E-state index contributed by atoms with van der Waals surface area (Å²) in [5.41, 5.74) is 5.66. The molecular weight excluding hydrogens is 337 g/mol. The molecule has 6 nitrogen and oxygen atoms in total. The number of likely N-dealkylation sites (N-methyl/N-ethyl adjacent to an activating group) is 2. The molecule has 1 aromatic carbocycles. The van der Waals surface area contributed by atoms with Crippen LogP contribution in [0.3, 0.4) is 0 Å². The molecule has 21 heavy (non-hydrogen) atoms. The molecule has 0 aliphatic carbocycles. The Morgan fingerprint density at radius 2 is 1.95 bits per heavy atom. The predicted octanol–water partition coefficient (Wildman–Crippen LogP) is 1.72. The Kier molecular flexibility index (Phi) is 6.27. The van der Waals surface area contributed by atoms with Crippen molar-refractivity contribution >= 4 is 44.8 Å². The van der Waals surface area contributed by atoms with Crippen molar-refractivity contribution in [2.75, 3.05) is 25.4 Å². The number of nitrogen functional groups attached to an aromatic ring is 1. The summed E-state index contributed by atoms with van der Waals surface area (Å²) in [6.45, 7) is 3.59. The lowest BCUT2D eigenvalue weighted by Crippen LogP contribution is -2.40. The number of nitrogens with zero attached hydrogens (tertiary/aromatic N) is 1. The summed E-state index contributed by atoms with van der Waals surface area (Å²) in [5, 5.41) is 2.71. The molecule has 0 fully saturated rings. The molecule has 1 rings (SSSR count). The van der Waals surface area contributed by atoms with Crippen LogP contribution < -0.4 is 11.1 Å². The summed E-state index contributed by atoms with van der Waals surface area (Å²) < 4.78 is 26.2. The summed E-state index contributed by atoms with van der Waals surface area (Å²) in [7, 11) is -3.99.